The van der Waals surface area contributed by atoms with Crippen LogP contribution in [0.3, 0.4) is 0 Å². The lowest BCUT2D eigenvalue weighted by molar-refractivity contribution is -0.129. The van der Waals surface area contributed by atoms with Crippen LogP contribution in [0.25, 0.3) is 0 Å². The SMILES string of the molecule is C[C@]12CCC3c4ccc(O)cc4CCC3C1[C@@H](CNS(=O)(=O)c1cccs1)CC2=O. The standard InChI is InChI=1S/C23H27NO4S2/c1-23-9-8-18-17-7-5-16(25)11-14(17)4-6-19(18)22(23)15(12-20(23)26)13-24-30(27,28)21-3-2-10-29-21/h2-3,5,7,10-11,15,18-19,22,24-25H,4,6,8-9,12-13H2,1H3/t15-,18?,19?,22?,23-/m1/s1. The van der Waals surface area contributed by atoms with Gasteiger partial charge in [-0.25, -0.2) is 13.1 Å². The Hall–Kier alpha value is -1.70. The minimum absolute atomic E-state index is 0.0312. The van der Waals surface area contributed by atoms with Crippen LogP contribution in [0.2, 0.25) is 0 Å². The molecule has 3 aliphatic carbocycles. The van der Waals surface area contributed by atoms with E-state index in [-0.39, 0.29) is 17.3 Å². The van der Waals surface area contributed by atoms with Crippen LogP contribution in [0.5, 0.6) is 5.75 Å². The highest BCUT2D eigenvalue weighted by atomic mass is 32.2. The molecule has 2 fully saturated rings. The first-order valence-electron chi connectivity index (χ1n) is 10.7. The minimum Gasteiger partial charge on any atom is -0.508 e. The van der Waals surface area contributed by atoms with Crippen molar-refractivity contribution in [2.45, 2.75) is 49.2 Å². The van der Waals surface area contributed by atoms with Crippen molar-refractivity contribution in [1.29, 1.82) is 0 Å². The Bertz CT molecular complexity index is 1080. The molecule has 0 bridgehead atoms. The van der Waals surface area contributed by atoms with Crippen molar-refractivity contribution in [2.75, 3.05) is 6.54 Å². The van der Waals surface area contributed by atoms with Crippen molar-refractivity contribution >= 4 is 27.1 Å². The second-order valence-corrected chi connectivity index (χ2v) is 12.3. The zero-order valence-electron chi connectivity index (χ0n) is 17.0. The molecule has 7 heteroatoms. The third kappa shape index (κ3) is 3.13. The average Bonchev–Trinajstić information content (AvgIpc) is 3.34. The molecular weight excluding hydrogens is 418 g/mol. The summed E-state index contributed by atoms with van der Waals surface area (Å²) >= 11 is 1.21. The molecule has 30 heavy (non-hydrogen) atoms. The van der Waals surface area contributed by atoms with Gasteiger partial charge in [0, 0.05) is 18.4 Å². The highest BCUT2D eigenvalue weighted by Crippen LogP contribution is 2.61. The van der Waals surface area contributed by atoms with Gasteiger partial charge in [0.15, 0.2) is 0 Å². The minimum atomic E-state index is -3.53. The van der Waals surface area contributed by atoms with Gasteiger partial charge in [0.05, 0.1) is 0 Å². The summed E-state index contributed by atoms with van der Waals surface area (Å²) < 4.78 is 28.4. The largest absolute Gasteiger partial charge is 0.508 e. The number of aromatic hydroxyl groups is 1. The number of hydrogen-bond acceptors (Lipinski definition) is 5. The van der Waals surface area contributed by atoms with Gasteiger partial charge in [-0.2, -0.15) is 0 Å². The maximum atomic E-state index is 13.1. The molecule has 0 spiro atoms. The summed E-state index contributed by atoms with van der Waals surface area (Å²) in [4.78, 5) is 13.1. The number of thiophene rings is 1. The normalized spacial score (nSPS) is 33.0. The van der Waals surface area contributed by atoms with Crippen LogP contribution in [-0.4, -0.2) is 25.9 Å². The third-order valence-electron chi connectivity index (χ3n) is 7.85. The van der Waals surface area contributed by atoms with Crippen molar-refractivity contribution in [2.24, 2.45) is 23.2 Å². The van der Waals surface area contributed by atoms with E-state index < -0.39 is 10.0 Å². The van der Waals surface area contributed by atoms with Gasteiger partial charge in [-0.1, -0.05) is 19.1 Å². The molecule has 0 radical (unpaired) electrons. The van der Waals surface area contributed by atoms with E-state index in [4.69, 9.17) is 0 Å². The lowest BCUT2D eigenvalue weighted by atomic mass is 9.54. The number of benzene rings is 1. The van der Waals surface area contributed by atoms with Crippen molar-refractivity contribution in [3.05, 3.63) is 46.8 Å². The fourth-order valence-electron chi connectivity index (χ4n) is 6.52. The number of carbonyl (C=O) groups excluding carboxylic acids is 1. The number of ketones is 1. The molecule has 0 aliphatic heterocycles. The smallest absolute Gasteiger partial charge is 0.250 e. The molecule has 3 unspecified atom stereocenters. The predicted molar refractivity (Wildman–Crippen MR) is 116 cm³/mol. The quantitative estimate of drug-likeness (QED) is 0.743. The molecule has 3 aliphatic rings. The lowest BCUT2D eigenvalue weighted by Gasteiger charge is -2.49. The highest BCUT2D eigenvalue weighted by Gasteiger charge is 2.58. The number of sulfonamides is 1. The van der Waals surface area contributed by atoms with Crippen LogP contribution in [0.1, 0.15) is 49.7 Å². The Morgan fingerprint density at radius 3 is 2.87 bits per heavy atom. The van der Waals surface area contributed by atoms with Crippen LogP contribution in [0.15, 0.2) is 39.9 Å². The number of aryl methyl sites for hydroxylation is 1. The van der Waals surface area contributed by atoms with Crippen LogP contribution < -0.4 is 4.72 Å². The number of phenols is 1. The summed E-state index contributed by atoms with van der Waals surface area (Å²) in [7, 11) is -3.53. The Morgan fingerprint density at radius 1 is 1.27 bits per heavy atom. The Labute approximate surface area is 181 Å². The van der Waals surface area contributed by atoms with Crippen LogP contribution >= 0.6 is 11.3 Å². The number of carbonyl (C=O) groups is 1. The second-order valence-electron chi connectivity index (χ2n) is 9.35. The van der Waals surface area contributed by atoms with Crippen molar-refractivity contribution < 1.29 is 18.3 Å². The summed E-state index contributed by atoms with van der Waals surface area (Å²) in [6.45, 7) is 2.42. The maximum Gasteiger partial charge on any atom is 0.250 e. The number of hydrogen-bond donors (Lipinski definition) is 2. The summed E-state index contributed by atoms with van der Waals surface area (Å²) in [6, 6.07) is 9.04. The summed E-state index contributed by atoms with van der Waals surface area (Å²) in [5.41, 5.74) is 2.18. The van der Waals surface area contributed by atoms with E-state index in [1.54, 1.807) is 23.6 Å². The van der Waals surface area contributed by atoms with Crippen LogP contribution in [0, 0.1) is 23.2 Å². The molecule has 2 N–H and O–H groups in total. The monoisotopic (exact) mass is 445 g/mol. The number of fused-ring (bicyclic) bond motifs is 5. The predicted octanol–water partition coefficient (Wildman–Crippen LogP) is 4.08. The molecule has 2 saturated carbocycles. The van der Waals surface area contributed by atoms with Gasteiger partial charge in [-0.05, 0) is 84.1 Å². The van der Waals surface area contributed by atoms with Gasteiger partial charge >= 0.3 is 0 Å². The van der Waals surface area contributed by atoms with Gasteiger partial charge in [-0.3, -0.25) is 4.79 Å². The summed E-state index contributed by atoms with van der Waals surface area (Å²) in [5.74, 6) is 1.59. The van der Waals surface area contributed by atoms with Gasteiger partial charge < -0.3 is 5.11 Å². The van der Waals surface area contributed by atoms with E-state index in [9.17, 15) is 18.3 Å². The van der Waals surface area contributed by atoms with Crippen molar-refractivity contribution in [3.63, 3.8) is 0 Å². The number of phenolic OH excluding ortho intramolecular Hbond substituents is 1. The van der Waals surface area contributed by atoms with Gasteiger partial charge in [0.1, 0.15) is 15.7 Å². The maximum absolute atomic E-state index is 13.1. The molecule has 0 saturated heterocycles. The van der Waals surface area contributed by atoms with Gasteiger partial charge in [0.2, 0.25) is 10.0 Å². The number of Topliss-reactive ketones (excluding diaryl/α,β-unsaturated/α-hetero) is 1. The fourth-order valence-corrected chi connectivity index (χ4v) is 8.65. The summed E-state index contributed by atoms with van der Waals surface area (Å²) in [6.07, 6.45) is 4.18. The molecule has 5 nitrogen and oxygen atoms in total. The molecule has 1 aromatic heterocycles. The molecule has 0 amide bonds. The molecule has 160 valence electrons. The van der Waals surface area contributed by atoms with E-state index in [1.165, 1.54) is 22.5 Å². The number of nitrogens with one attached hydrogen (secondary N) is 1. The van der Waals surface area contributed by atoms with E-state index in [0.29, 0.717) is 40.5 Å². The van der Waals surface area contributed by atoms with Crippen LogP contribution in [0.4, 0.5) is 0 Å². The van der Waals surface area contributed by atoms with Crippen molar-refractivity contribution in [1.82, 2.24) is 4.72 Å². The zero-order chi connectivity index (χ0) is 21.1. The van der Waals surface area contributed by atoms with E-state index in [0.717, 1.165) is 25.7 Å². The Morgan fingerprint density at radius 2 is 2.10 bits per heavy atom. The molecule has 5 atom stereocenters. The van der Waals surface area contributed by atoms with E-state index >= 15 is 0 Å². The summed E-state index contributed by atoms with van der Waals surface area (Å²) in [5, 5.41) is 11.6. The fraction of sp³-hybridized carbons (Fsp3) is 0.522. The second kappa shape index (κ2) is 7.18. The Kier molecular flexibility index (Phi) is 4.84. The molecule has 2 aromatic rings. The first kappa shape index (κ1) is 20.2. The topological polar surface area (TPSA) is 83.5 Å². The van der Waals surface area contributed by atoms with E-state index in [1.807, 2.05) is 6.07 Å². The third-order valence-corrected chi connectivity index (χ3v) is 10.7. The van der Waals surface area contributed by atoms with Crippen LogP contribution in [-0.2, 0) is 21.2 Å². The van der Waals surface area contributed by atoms with E-state index in [2.05, 4.69) is 17.7 Å². The van der Waals surface area contributed by atoms with Crippen molar-refractivity contribution in [3.8, 4) is 5.75 Å². The highest BCUT2D eigenvalue weighted by molar-refractivity contribution is 7.91. The molecule has 1 aromatic carbocycles. The molecule has 5 rings (SSSR count). The first-order chi connectivity index (χ1) is 14.3. The molecule has 1 heterocycles. The molecular formula is C23H27NO4S2. The Balaban J connectivity index is 1.42. The first-order valence-corrected chi connectivity index (χ1v) is 13.0. The zero-order valence-corrected chi connectivity index (χ0v) is 18.6. The van der Waals surface area contributed by atoms with Gasteiger partial charge in [0.25, 0.3) is 0 Å². The van der Waals surface area contributed by atoms with Gasteiger partial charge in [-0.15, -0.1) is 11.3 Å². The number of rotatable bonds is 4. The average molecular weight is 446 g/mol. The lowest BCUT2D eigenvalue weighted by Crippen LogP contribution is -2.45.